The van der Waals surface area contributed by atoms with E-state index in [1.165, 1.54) is 25.7 Å². The largest absolute Gasteiger partial charge is 0.441 e. The Kier molecular flexibility index (Phi) is 11.6. The van der Waals surface area contributed by atoms with Crippen LogP contribution in [0, 0.1) is 0 Å². The number of rotatable bonds is 13. The van der Waals surface area contributed by atoms with Crippen LogP contribution in [0.1, 0.15) is 87.0 Å². The lowest BCUT2D eigenvalue weighted by atomic mass is 10.0. The Morgan fingerprint density at radius 3 is 1.69 bits per heavy atom. The van der Waals surface area contributed by atoms with Crippen LogP contribution < -0.4 is 0 Å². The molecule has 3 nitrogen and oxygen atoms in total. The first-order valence-corrected chi connectivity index (χ1v) is 17.5. The summed E-state index contributed by atoms with van der Waals surface area (Å²) >= 11 is 0. The second kappa shape index (κ2) is 11.6. The van der Waals surface area contributed by atoms with Crippen molar-refractivity contribution >= 4 is 16.6 Å². The van der Waals surface area contributed by atoms with E-state index < -0.39 is 16.6 Å². The van der Waals surface area contributed by atoms with E-state index in [0.29, 0.717) is 0 Å². The van der Waals surface area contributed by atoms with Gasteiger partial charge in [-0.05, 0) is 42.7 Å². The Labute approximate surface area is 184 Å². The molecule has 3 atom stereocenters. The number of unbranched alkanes of at least 4 members (excludes halogenated alkanes) is 4. The van der Waals surface area contributed by atoms with Crippen LogP contribution in [-0.4, -0.2) is 40.1 Å². The van der Waals surface area contributed by atoms with Gasteiger partial charge in [0.25, 0.3) is 0 Å². The standard InChI is InChI=1S/C24H52O3Si2/c1-13-15-16-17-18-19-20(25)22(27-29(11,12)24(6,7)8)21(14-2)26-28(9,10)23(3,4)5/h14,20-22,25H,2,13,15-19H2,1,3-12H3/p+1/t20-,21+,22-/m1/s1. The van der Waals surface area contributed by atoms with Gasteiger partial charge in [-0.1, -0.05) is 80.2 Å². The van der Waals surface area contributed by atoms with Gasteiger partial charge in [0, 0.05) is 6.42 Å². The lowest BCUT2D eigenvalue weighted by molar-refractivity contribution is -0.0324. The molecule has 5 heteroatoms. The smallest absolute Gasteiger partial charge is 0.193 e. The third kappa shape index (κ3) is 9.38. The molecule has 0 saturated carbocycles. The average molecular weight is 446 g/mol. The summed E-state index contributed by atoms with van der Waals surface area (Å²) in [6.07, 6.45) is 8.13. The van der Waals surface area contributed by atoms with Crippen LogP contribution in [0.2, 0.25) is 36.3 Å². The second-order valence-corrected chi connectivity index (χ2v) is 21.2. The van der Waals surface area contributed by atoms with Crippen molar-refractivity contribution in [3.05, 3.63) is 12.7 Å². The van der Waals surface area contributed by atoms with Crippen LogP contribution in [-0.2, 0) is 8.85 Å². The number of hydrogen-bond donors (Lipinski definition) is 0. The molecule has 0 rings (SSSR count). The Balaban J connectivity index is 5.55. The molecule has 0 aromatic carbocycles. The molecule has 0 aromatic rings. The molecule has 0 aromatic heterocycles. The van der Waals surface area contributed by atoms with Crippen LogP contribution in [0.3, 0.4) is 0 Å². The molecule has 2 N–H and O–H groups in total. The highest BCUT2D eigenvalue weighted by Crippen LogP contribution is 2.41. The summed E-state index contributed by atoms with van der Waals surface area (Å²) in [5.41, 5.74) is 0. The molecule has 0 saturated heterocycles. The molecule has 0 unspecified atom stereocenters. The molecule has 0 fully saturated rings. The molecule has 0 amide bonds. The summed E-state index contributed by atoms with van der Waals surface area (Å²) in [6, 6.07) is 0. The van der Waals surface area contributed by atoms with Crippen molar-refractivity contribution in [1.82, 2.24) is 0 Å². The van der Waals surface area contributed by atoms with Crippen molar-refractivity contribution in [2.45, 2.75) is 142 Å². The summed E-state index contributed by atoms with van der Waals surface area (Å²) in [5.74, 6) is 0. The predicted molar refractivity (Wildman–Crippen MR) is 135 cm³/mol. The lowest BCUT2D eigenvalue weighted by Crippen LogP contribution is -2.54. The summed E-state index contributed by atoms with van der Waals surface area (Å²) < 4.78 is 13.6. The maximum Gasteiger partial charge on any atom is 0.193 e. The Morgan fingerprint density at radius 2 is 1.28 bits per heavy atom. The highest BCUT2D eigenvalue weighted by molar-refractivity contribution is 6.74. The molecule has 29 heavy (non-hydrogen) atoms. The first kappa shape index (κ1) is 29.1. The zero-order valence-electron chi connectivity index (χ0n) is 21.6. The molecule has 0 radical (unpaired) electrons. The van der Waals surface area contributed by atoms with Gasteiger partial charge >= 0.3 is 0 Å². The molecule has 174 valence electrons. The zero-order valence-corrected chi connectivity index (χ0v) is 23.6. The number of hydrogen-bond acceptors (Lipinski definition) is 2. The molecule has 0 aliphatic rings. The third-order valence-corrected chi connectivity index (χ3v) is 16.0. The molecule has 0 heterocycles. The van der Waals surface area contributed by atoms with Crippen molar-refractivity contribution in [3.63, 3.8) is 0 Å². The summed E-state index contributed by atoms with van der Waals surface area (Å²) in [5, 5.41) is 9.20. The Hall–Kier alpha value is 0.0538. The van der Waals surface area contributed by atoms with E-state index in [-0.39, 0.29) is 28.4 Å². The van der Waals surface area contributed by atoms with Gasteiger partial charge in [-0.2, -0.15) is 0 Å². The predicted octanol–water partition coefficient (Wildman–Crippen LogP) is 7.41. The van der Waals surface area contributed by atoms with E-state index in [2.05, 4.69) is 81.2 Å². The van der Waals surface area contributed by atoms with Crippen LogP contribution >= 0.6 is 0 Å². The van der Waals surface area contributed by atoms with Gasteiger partial charge in [0.05, 0.1) is 6.10 Å². The van der Waals surface area contributed by atoms with Crippen LogP contribution in [0.5, 0.6) is 0 Å². The van der Waals surface area contributed by atoms with Gasteiger partial charge in [-0.25, -0.2) is 0 Å². The minimum Gasteiger partial charge on any atom is -0.441 e. The molecule has 0 bridgehead atoms. The van der Waals surface area contributed by atoms with Crippen LogP contribution in [0.4, 0.5) is 0 Å². The van der Waals surface area contributed by atoms with E-state index in [1.54, 1.807) is 0 Å². The quantitative estimate of drug-likeness (QED) is 0.128. The third-order valence-electron chi connectivity index (χ3n) is 7.05. The van der Waals surface area contributed by atoms with Crippen molar-refractivity contribution < 1.29 is 14.0 Å². The Morgan fingerprint density at radius 1 is 0.828 bits per heavy atom. The van der Waals surface area contributed by atoms with E-state index in [0.717, 1.165) is 12.8 Å². The fourth-order valence-electron chi connectivity index (χ4n) is 2.79. The van der Waals surface area contributed by atoms with Gasteiger partial charge in [0.1, 0.15) is 6.10 Å². The van der Waals surface area contributed by atoms with E-state index >= 15 is 0 Å². The Bertz CT molecular complexity index is 475. The zero-order chi connectivity index (χ0) is 23.1. The van der Waals surface area contributed by atoms with Crippen molar-refractivity contribution in [3.8, 4) is 0 Å². The SMILES string of the molecule is C=C[C@H](O[Si](C)(C)C(C)(C)C)[C@H](O[Si](C)(C)C(C)(C)C)[C@H]([OH2+])CCCCCCC. The van der Waals surface area contributed by atoms with Gasteiger partial charge in [0.15, 0.2) is 22.7 Å². The van der Waals surface area contributed by atoms with E-state index in [1.807, 2.05) is 6.08 Å². The van der Waals surface area contributed by atoms with Gasteiger partial charge < -0.3 is 14.0 Å². The maximum atomic E-state index is 8.98. The second-order valence-electron chi connectivity index (χ2n) is 11.7. The van der Waals surface area contributed by atoms with Crippen LogP contribution in [0.25, 0.3) is 0 Å². The normalized spacial score (nSPS) is 17.1. The first-order valence-electron chi connectivity index (χ1n) is 11.7. The van der Waals surface area contributed by atoms with Gasteiger partial charge in [0.2, 0.25) is 0 Å². The minimum atomic E-state index is -2.02. The topological polar surface area (TPSA) is 41.4 Å². The highest BCUT2D eigenvalue weighted by atomic mass is 28.4. The summed E-state index contributed by atoms with van der Waals surface area (Å²) in [6.45, 7) is 29.0. The monoisotopic (exact) mass is 445 g/mol. The fourth-order valence-corrected chi connectivity index (χ4v) is 5.39. The van der Waals surface area contributed by atoms with Crippen molar-refractivity contribution in [2.24, 2.45) is 0 Å². The van der Waals surface area contributed by atoms with Crippen LogP contribution in [0.15, 0.2) is 12.7 Å². The molecule has 0 aliphatic heterocycles. The van der Waals surface area contributed by atoms with Crippen molar-refractivity contribution in [2.75, 3.05) is 0 Å². The molecular formula is C24H53O3Si2+. The summed E-state index contributed by atoms with van der Waals surface area (Å²) in [4.78, 5) is 0. The molecule has 0 spiro atoms. The van der Waals surface area contributed by atoms with Crippen molar-refractivity contribution in [1.29, 1.82) is 0 Å². The fraction of sp³-hybridized carbons (Fsp3) is 0.917. The van der Waals surface area contributed by atoms with Gasteiger partial charge in [-0.15, -0.1) is 6.58 Å². The maximum absolute atomic E-state index is 8.98. The molecule has 0 aliphatic carbocycles. The first-order chi connectivity index (χ1) is 13.0. The average Bonchev–Trinajstić information content (AvgIpc) is 2.55. The van der Waals surface area contributed by atoms with E-state index in [9.17, 15) is 0 Å². The summed E-state index contributed by atoms with van der Waals surface area (Å²) in [7, 11) is -4.01. The lowest BCUT2D eigenvalue weighted by Gasteiger charge is -2.44. The van der Waals surface area contributed by atoms with Gasteiger partial charge in [-0.3, -0.25) is 0 Å². The molecular weight excluding hydrogens is 392 g/mol. The van der Waals surface area contributed by atoms with E-state index in [4.69, 9.17) is 14.0 Å². The highest BCUT2D eigenvalue weighted by Gasteiger charge is 2.46. The minimum absolute atomic E-state index is 0.106.